The molecule has 1 aromatic carbocycles. The second-order valence-corrected chi connectivity index (χ2v) is 6.70. The Morgan fingerprint density at radius 1 is 1.22 bits per heavy atom. The van der Waals surface area contributed by atoms with Crippen molar-refractivity contribution in [1.82, 2.24) is 0 Å². The molecule has 0 aromatic heterocycles. The molecule has 0 spiro atoms. The van der Waals surface area contributed by atoms with Gasteiger partial charge in [-0.3, -0.25) is 4.79 Å². The number of hydrogen-bond acceptors (Lipinski definition) is 3. The Labute approximate surface area is 109 Å². The van der Waals surface area contributed by atoms with Crippen LogP contribution in [0, 0.1) is 6.92 Å². The van der Waals surface area contributed by atoms with Crippen molar-refractivity contribution in [2.75, 3.05) is 5.75 Å². The van der Waals surface area contributed by atoms with Gasteiger partial charge >= 0.3 is 0 Å². The van der Waals surface area contributed by atoms with Gasteiger partial charge < -0.3 is 0 Å². The molecule has 1 rings (SSSR count). The summed E-state index contributed by atoms with van der Waals surface area (Å²) in [5.41, 5.74) is 1.84. The van der Waals surface area contributed by atoms with Crippen molar-refractivity contribution in [2.45, 2.75) is 38.9 Å². The fraction of sp³-hybridized carbons (Fsp3) is 0.500. The first kappa shape index (κ1) is 14.9. The van der Waals surface area contributed by atoms with E-state index in [1.165, 1.54) is 0 Å². The van der Waals surface area contributed by atoms with Gasteiger partial charge in [0.2, 0.25) is 0 Å². The van der Waals surface area contributed by atoms with E-state index >= 15 is 0 Å². The highest BCUT2D eigenvalue weighted by Crippen LogP contribution is 2.13. The molecule has 0 heterocycles. The maximum absolute atomic E-state index is 11.9. The Balaban J connectivity index is 2.55. The summed E-state index contributed by atoms with van der Waals surface area (Å²) in [5.74, 6) is 0.286. The Morgan fingerprint density at radius 3 is 2.50 bits per heavy atom. The van der Waals surface area contributed by atoms with E-state index in [9.17, 15) is 13.2 Å². The minimum absolute atomic E-state index is 0.0694. The zero-order chi connectivity index (χ0) is 13.6. The van der Waals surface area contributed by atoms with Gasteiger partial charge in [0.25, 0.3) is 0 Å². The van der Waals surface area contributed by atoms with Gasteiger partial charge in [-0.25, -0.2) is 8.42 Å². The van der Waals surface area contributed by atoms with E-state index in [4.69, 9.17) is 0 Å². The molecule has 0 aliphatic rings. The van der Waals surface area contributed by atoms with Crippen LogP contribution < -0.4 is 0 Å². The van der Waals surface area contributed by atoms with Crippen LogP contribution >= 0.6 is 0 Å². The van der Waals surface area contributed by atoms with E-state index in [0.717, 1.165) is 11.1 Å². The highest BCUT2D eigenvalue weighted by molar-refractivity contribution is 7.90. The molecule has 4 heteroatoms. The van der Waals surface area contributed by atoms with Gasteiger partial charge in [0.05, 0.1) is 11.5 Å². The third kappa shape index (κ3) is 5.00. The van der Waals surface area contributed by atoms with Crippen LogP contribution in [0.1, 0.15) is 37.3 Å². The molecule has 0 bridgehead atoms. The van der Waals surface area contributed by atoms with Crippen molar-refractivity contribution in [3.05, 3.63) is 35.4 Å². The van der Waals surface area contributed by atoms with Crippen LogP contribution in [-0.4, -0.2) is 20.0 Å². The number of rotatable bonds is 7. The molecule has 0 atom stereocenters. The van der Waals surface area contributed by atoms with Crippen molar-refractivity contribution >= 4 is 15.6 Å². The Morgan fingerprint density at radius 2 is 1.89 bits per heavy atom. The summed E-state index contributed by atoms with van der Waals surface area (Å²) in [6.07, 6.45) is 1.28. The maximum atomic E-state index is 11.9. The van der Waals surface area contributed by atoms with E-state index in [2.05, 4.69) is 0 Å². The SMILES string of the molecule is CCC(=O)CCCS(=O)(=O)Cc1ccccc1C. The molecule has 100 valence electrons. The van der Waals surface area contributed by atoms with Gasteiger partial charge in [0, 0.05) is 12.8 Å². The highest BCUT2D eigenvalue weighted by atomic mass is 32.2. The molecule has 3 nitrogen and oxygen atoms in total. The van der Waals surface area contributed by atoms with Crippen LogP contribution in [0.25, 0.3) is 0 Å². The smallest absolute Gasteiger partial charge is 0.154 e. The number of carbonyl (C=O) groups excluding carboxylic acids is 1. The number of hydrogen-bond donors (Lipinski definition) is 0. The van der Waals surface area contributed by atoms with Crippen molar-refractivity contribution in [2.24, 2.45) is 0 Å². The van der Waals surface area contributed by atoms with Gasteiger partial charge in [-0.05, 0) is 24.5 Å². The first-order valence-corrected chi connectivity index (χ1v) is 8.03. The molecule has 1 aromatic rings. The minimum atomic E-state index is -3.11. The summed E-state index contributed by atoms with van der Waals surface area (Å²) in [6.45, 7) is 3.70. The lowest BCUT2D eigenvalue weighted by Crippen LogP contribution is -2.11. The van der Waals surface area contributed by atoms with Gasteiger partial charge in [-0.15, -0.1) is 0 Å². The summed E-state index contributed by atoms with van der Waals surface area (Å²) < 4.78 is 23.8. The third-order valence-electron chi connectivity index (χ3n) is 2.94. The molecule has 0 amide bonds. The zero-order valence-corrected chi connectivity index (χ0v) is 11.8. The Bertz CT molecular complexity index is 504. The van der Waals surface area contributed by atoms with Crippen LogP contribution in [0.4, 0.5) is 0 Å². The number of sulfone groups is 1. The van der Waals surface area contributed by atoms with Crippen molar-refractivity contribution in [3.63, 3.8) is 0 Å². The fourth-order valence-corrected chi connectivity index (χ4v) is 3.27. The highest BCUT2D eigenvalue weighted by Gasteiger charge is 2.13. The average molecular weight is 268 g/mol. The predicted molar refractivity (Wildman–Crippen MR) is 73.2 cm³/mol. The van der Waals surface area contributed by atoms with Gasteiger partial charge in [0.1, 0.15) is 5.78 Å². The van der Waals surface area contributed by atoms with E-state index in [0.29, 0.717) is 19.3 Å². The van der Waals surface area contributed by atoms with Gasteiger partial charge in [-0.1, -0.05) is 31.2 Å². The van der Waals surface area contributed by atoms with Crippen LogP contribution in [0.3, 0.4) is 0 Å². The summed E-state index contributed by atoms with van der Waals surface area (Å²) >= 11 is 0. The Hall–Kier alpha value is -1.16. The molecule has 0 saturated heterocycles. The number of Topliss-reactive ketones (excluding diaryl/α,β-unsaturated/α-hetero) is 1. The second-order valence-electron chi connectivity index (χ2n) is 4.51. The lowest BCUT2D eigenvalue weighted by molar-refractivity contribution is -0.118. The fourth-order valence-electron chi connectivity index (χ4n) is 1.75. The van der Waals surface area contributed by atoms with Crippen molar-refractivity contribution in [3.8, 4) is 0 Å². The topological polar surface area (TPSA) is 51.2 Å². The van der Waals surface area contributed by atoms with Crippen LogP contribution in [0.2, 0.25) is 0 Å². The molecule has 0 fully saturated rings. The number of aryl methyl sites for hydroxylation is 1. The molecule has 0 aliphatic heterocycles. The second kappa shape index (κ2) is 6.69. The molecular weight excluding hydrogens is 248 g/mol. The maximum Gasteiger partial charge on any atom is 0.154 e. The zero-order valence-electron chi connectivity index (χ0n) is 11.0. The lowest BCUT2D eigenvalue weighted by Gasteiger charge is -2.06. The van der Waals surface area contributed by atoms with Crippen molar-refractivity contribution < 1.29 is 13.2 Å². The summed E-state index contributed by atoms with van der Waals surface area (Å²) in [7, 11) is -3.11. The van der Waals surface area contributed by atoms with Crippen LogP contribution in [0.5, 0.6) is 0 Å². The number of carbonyl (C=O) groups is 1. The van der Waals surface area contributed by atoms with E-state index in [1.54, 1.807) is 6.92 Å². The summed E-state index contributed by atoms with van der Waals surface area (Å²) in [5, 5.41) is 0. The van der Waals surface area contributed by atoms with Gasteiger partial charge in [-0.2, -0.15) is 0 Å². The average Bonchev–Trinajstić information content (AvgIpc) is 2.31. The Kier molecular flexibility index (Phi) is 5.54. The van der Waals surface area contributed by atoms with E-state index in [-0.39, 0.29) is 17.3 Å². The summed E-state index contributed by atoms with van der Waals surface area (Å²) in [6, 6.07) is 7.49. The standard InChI is InChI=1S/C14H20O3S/c1-3-14(15)9-6-10-18(16,17)11-13-8-5-4-7-12(13)2/h4-5,7-8H,3,6,9-11H2,1-2H3. The molecule has 0 aliphatic carbocycles. The normalized spacial score (nSPS) is 11.4. The minimum Gasteiger partial charge on any atom is -0.300 e. The number of benzene rings is 1. The molecule has 0 radical (unpaired) electrons. The molecular formula is C14H20O3S. The monoisotopic (exact) mass is 268 g/mol. The largest absolute Gasteiger partial charge is 0.300 e. The van der Waals surface area contributed by atoms with E-state index < -0.39 is 9.84 Å². The van der Waals surface area contributed by atoms with Crippen LogP contribution in [-0.2, 0) is 20.4 Å². The third-order valence-corrected chi connectivity index (χ3v) is 4.60. The van der Waals surface area contributed by atoms with E-state index in [1.807, 2.05) is 31.2 Å². The van der Waals surface area contributed by atoms with Crippen molar-refractivity contribution in [1.29, 1.82) is 0 Å². The van der Waals surface area contributed by atoms with Crippen LogP contribution in [0.15, 0.2) is 24.3 Å². The molecule has 0 unspecified atom stereocenters. The lowest BCUT2D eigenvalue weighted by atomic mass is 10.1. The molecule has 18 heavy (non-hydrogen) atoms. The first-order valence-electron chi connectivity index (χ1n) is 6.21. The summed E-state index contributed by atoms with van der Waals surface area (Å²) in [4.78, 5) is 11.1. The quantitative estimate of drug-likeness (QED) is 0.764. The molecule has 0 N–H and O–H groups in total. The van der Waals surface area contributed by atoms with Gasteiger partial charge in [0.15, 0.2) is 9.84 Å². The predicted octanol–water partition coefficient (Wildman–Crippen LogP) is 2.67. The number of ketones is 1. The molecule has 0 saturated carbocycles. The first-order chi connectivity index (χ1) is 8.44.